The average molecular weight is 1210 g/mol. The highest BCUT2D eigenvalue weighted by molar-refractivity contribution is 6.06. The zero-order valence-corrected chi connectivity index (χ0v) is 49.6. The summed E-state index contributed by atoms with van der Waals surface area (Å²) in [6.07, 6.45) is -0.0775. The lowest BCUT2D eigenvalue weighted by Gasteiger charge is -2.37. The lowest BCUT2D eigenvalue weighted by atomic mass is 9.93. The minimum Gasteiger partial charge on any atom is -0.489 e. The van der Waals surface area contributed by atoms with Gasteiger partial charge in [0, 0.05) is 113 Å². The molecular weight excluding hydrogens is 1140 g/mol. The molecule has 3 saturated heterocycles. The van der Waals surface area contributed by atoms with E-state index in [1.807, 2.05) is 64.4 Å². The Kier molecular flexibility index (Phi) is 18.0. The summed E-state index contributed by atoms with van der Waals surface area (Å²) in [6.45, 7) is 10.5. The SMILES string of the molecule is CC(C)(Cc1c(C#N)ccc(N2CCN(Cc3ccc(COc4cccc5c4CN([C@H]4CCC(=O)NC4=O)C5=O)cc3)CC2)c1F)OC(=O)CC[C@@H](C(N)=O)N1Cc2c(OCc3ccc(CN4CCN(c5ccc(C#N)cc5F)CC4)cc3)cccc2C1=O. The first kappa shape index (κ1) is 61.0. The molecule has 0 radical (unpaired) electrons. The second-order valence-electron chi connectivity index (χ2n) is 23.8. The summed E-state index contributed by atoms with van der Waals surface area (Å²) >= 11 is 0. The maximum Gasteiger partial charge on any atom is 0.306 e. The molecule has 5 aliphatic rings. The number of ether oxygens (including phenoxy) is 3. The summed E-state index contributed by atoms with van der Waals surface area (Å²) in [5.41, 5.74) is 12.1. The number of nitrogens with one attached hydrogen (secondary N) is 1. The van der Waals surface area contributed by atoms with Crippen LogP contribution in [0.1, 0.15) is 110 Å². The van der Waals surface area contributed by atoms with Crippen LogP contribution < -0.4 is 30.3 Å². The van der Waals surface area contributed by atoms with Crippen LogP contribution in [0.15, 0.2) is 115 Å². The molecule has 5 heterocycles. The Labute approximate surface area is 514 Å². The van der Waals surface area contributed by atoms with Gasteiger partial charge in [0.05, 0.1) is 47.7 Å². The van der Waals surface area contributed by atoms with Crippen molar-refractivity contribution in [2.75, 3.05) is 62.2 Å². The van der Waals surface area contributed by atoms with Crippen molar-refractivity contribution in [1.82, 2.24) is 24.9 Å². The second-order valence-corrected chi connectivity index (χ2v) is 23.8. The van der Waals surface area contributed by atoms with Crippen LogP contribution in [0.4, 0.5) is 20.2 Å². The average Bonchev–Trinajstić information content (AvgIpc) is 2.04. The van der Waals surface area contributed by atoms with Gasteiger partial charge in [-0.25, -0.2) is 8.78 Å². The Hall–Kier alpha value is -9.70. The summed E-state index contributed by atoms with van der Waals surface area (Å²) in [7, 11) is 0. The van der Waals surface area contributed by atoms with Crippen molar-refractivity contribution in [3.8, 4) is 23.6 Å². The Morgan fingerprint density at radius 1 is 0.685 bits per heavy atom. The molecule has 458 valence electrons. The smallest absolute Gasteiger partial charge is 0.306 e. The van der Waals surface area contributed by atoms with Gasteiger partial charge in [0.15, 0.2) is 5.82 Å². The molecule has 0 aromatic heterocycles. The van der Waals surface area contributed by atoms with Crippen molar-refractivity contribution in [2.24, 2.45) is 5.73 Å². The summed E-state index contributed by atoms with van der Waals surface area (Å²) < 4.78 is 49.8. The Morgan fingerprint density at radius 2 is 1.24 bits per heavy atom. The van der Waals surface area contributed by atoms with Crippen LogP contribution >= 0.6 is 0 Å². The van der Waals surface area contributed by atoms with Gasteiger partial charge < -0.3 is 39.5 Å². The highest BCUT2D eigenvalue weighted by Gasteiger charge is 2.41. The van der Waals surface area contributed by atoms with Crippen LogP contribution in [0, 0.1) is 34.3 Å². The van der Waals surface area contributed by atoms with Gasteiger partial charge in [0.1, 0.15) is 48.2 Å². The molecule has 19 nitrogen and oxygen atoms in total. The number of fused-ring (bicyclic) bond motifs is 2. The predicted molar refractivity (Wildman–Crippen MR) is 324 cm³/mol. The van der Waals surface area contributed by atoms with E-state index in [-0.39, 0.29) is 81.3 Å². The van der Waals surface area contributed by atoms with E-state index in [4.69, 9.17) is 25.2 Å². The van der Waals surface area contributed by atoms with Crippen molar-refractivity contribution in [3.63, 3.8) is 0 Å². The van der Waals surface area contributed by atoms with Crippen LogP contribution in [0.2, 0.25) is 0 Å². The Bertz CT molecular complexity index is 3810. The number of nitrogens with zero attached hydrogens (tertiary/aromatic N) is 8. The minimum atomic E-state index is -1.28. The summed E-state index contributed by atoms with van der Waals surface area (Å²) in [4.78, 5) is 89.4. The van der Waals surface area contributed by atoms with E-state index in [0.29, 0.717) is 96.5 Å². The quantitative estimate of drug-likeness (QED) is 0.0527. The molecule has 0 bridgehead atoms. The third-order valence-corrected chi connectivity index (χ3v) is 17.3. The van der Waals surface area contributed by atoms with Gasteiger partial charge in [-0.05, 0) is 104 Å². The number of anilines is 2. The largest absolute Gasteiger partial charge is 0.489 e. The summed E-state index contributed by atoms with van der Waals surface area (Å²) in [5.74, 6) is -2.92. The molecular formula is C68H68F2N10O9. The number of rotatable bonds is 21. The molecule has 5 amide bonds. The van der Waals surface area contributed by atoms with Crippen LogP contribution in [-0.2, 0) is 69.7 Å². The van der Waals surface area contributed by atoms with Crippen molar-refractivity contribution >= 4 is 46.9 Å². The Morgan fingerprint density at radius 3 is 1.79 bits per heavy atom. The normalized spacial score (nSPS) is 17.4. The van der Waals surface area contributed by atoms with Crippen molar-refractivity contribution < 1.29 is 51.8 Å². The van der Waals surface area contributed by atoms with Gasteiger partial charge >= 0.3 is 5.97 Å². The first-order valence-corrected chi connectivity index (χ1v) is 29.9. The number of nitrogens with two attached hydrogens (primary N) is 1. The molecule has 6 aromatic carbocycles. The van der Waals surface area contributed by atoms with Gasteiger partial charge in [0.2, 0.25) is 17.7 Å². The third-order valence-electron chi connectivity index (χ3n) is 17.3. The molecule has 0 saturated carbocycles. The standard InChI is InChI=1S/C68H68F2N10O9/c1-68(2,89-62(82)24-22-57(64(73)83)79-39-52-49(66(79)85)5-3-7-59(52)87-41-45-13-9-43(10-14-45)37-75-25-29-77(30-26-75)55-19-17-47(35-71)33-54(55)69)34-51-48(36-72)18-20-56(63(51)70)78-31-27-76(28-32-78)38-44-11-15-46(16-12-44)42-88-60-8-4-6-50-53(60)40-80(67(50)86)58-21-23-61(81)74-65(58)84/h3-20,33,57-58H,21-32,34,37-42H2,1-2H3,(H2,73,83)(H,74,81,84)/t57-,58-/m0/s1. The number of benzene rings is 6. The molecule has 0 unspecified atom stereocenters. The molecule has 3 N–H and O–H groups in total. The maximum absolute atomic E-state index is 16.7. The molecule has 11 rings (SSSR count). The number of piperazine rings is 2. The maximum atomic E-state index is 16.7. The van der Waals surface area contributed by atoms with E-state index in [9.17, 15) is 38.4 Å². The van der Waals surface area contributed by atoms with E-state index in [1.54, 1.807) is 74.5 Å². The predicted octanol–water partition coefficient (Wildman–Crippen LogP) is 7.43. The first-order chi connectivity index (χ1) is 42.9. The molecule has 21 heteroatoms. The van der Waals surface area contributed by atoms with Gasteiger partial charge in [-0.15, -0.1) is 0 Å². The van der Waals surface area contributed by atoms with Crippen molar-refractivity contribution in [3.05, 3.63) is 188 Å². The van der Waals surface area contributed by atoms with E-state index < -0.39 is 53.0 Å². The summed E-state index contributed by atoms with van der Waals surface area (Å²) in [6, 6.07) is 36.5. The number of carbonyl (C=O) groups excluding carboxylic acids is 6. The number of amides is 5. The minimum absolute atomic E-state index is 0.0260. The number of nitriles is 2. The first-order valence-electron chi connectivity index (χ1n) is 29.9. The van der Waals surface area contributed by atoms with Crippen LogP contribution in [-0.4, -0.2) is 125 Å². The number of primary amides is 1. The highest BCUT2D eigenvalue weighted by Crippen LogP contribution is 2.37. The van der Waals surface area contributed by atoms with Crippen LogP contribution in [0.5, 0.6) is 11.5 Å². The second kappa shape index (κ2) is 26.3. The number of halogens is 2. The molecule has 2 atom stereocenters. The molecule has 3 fully saturated rings. The van der Waals surface area contributed by atoms with Gasteiger partial charge in [-0.2, -0.15) is 10.5 Å². The number of piperidine rings is 1. The van der Waals surface area contributed by atoms with Gasteiger partial charge in [-0.3, -0.25) is 43.9 Å². The van der Waals surface area contributed by atoms with Crippen LogP contribution in [0.3, 0.4) is 0 Å². The fourth-order valence-corrected chi connectivity index (χ4v) is 12.5. The lowest BCUT2D eigenvalue weighted by Crippen LogP contribution is -2.52. The van der Waals surface area contributed by atoms with Gasteiger partial charge in [-0.1, -0.05) is 60.7 Å². The van der Waals surface area contributed by atoms with Gasteiger partial charge in [0.25, 0.3) is 11.8 Å². The molecule has 89 heavy (non-hydrogen) atoms. The Balaban J connectivity index is 0.630. The zero-order chi connectivity index (χ0) is 62.5. The molecule has 0 spiro atoms. The number of carbonyl (C=O) groups is 6. The number of imide groups is 1. The monoisotopic (exact) mass is 1210 g/mol. The van der Waals surface area contributed by atoms with Crippen molar-refractivity contribution in [2.45, 2.75) is 103 Å². The van der Waals surface area contributed by atoms with E-state index in [0.717, 1.165) is 41.9 Å². The van der Waals surface area contributed by atoms with E-state index in [2.05, 4.69) is 21.2 Å². The number of hydrogen-bond donors (Lipinski definition) is 2. The van der Waals surface area contributed by atoms with Crippen LogP contribution in [0.25, 0.3) is 0 Å². The van der Waals surface area contributed by atoms with Crippen molar-refractivity contribution in [1.29, 1.82) is 10.5 Å². The van der Waals surface area contributed by atoms with E-state index in [1.165, 1.54) is 15.9 Å². The lowest BCUT2D eigenvalue weighted by molar-refractivity contribution is -0.156. The highest BCUT2D eigenvalue weighted by atomic mass is 19.1. The van der Waals surface area contributed by atoms with E-state index >= 15 is 4.39 Å². The number of esters is 1. The topological polar surface area (TPSA) is 235 Å². The molecule has 6 aromatic rings. The fraction of sp³-hybridized carbons (Fsp3) is 0.353. The fourth-order valence-electron chi connectivity index (χ4n) is 12.5. The summed E-state index contributed by atoms with van der Waals surface area (Å²) in [5, 5.41) is 21.5. The molecule has 0 aliphatic carbocycles. The molecule has 5 aliphatic heterocycles. The zero-order valence-electron chi connectivity index (χ0n) is 49.6. The third kappa shape index (κ3) is 13.7. The number of hydrogen-bond acceptors (Lipinski definition) is 15.